The molecule has 11 rings (SSSR count). The zero-order valence-corrected chi connectivity index (χ0v) is 34.0. The summed E-state index contributed by atoms with van der Waals surface area (Å²) in [5, 5.41) is 11.2. The van der Waals surface area contributed by atoms with E-state index in [1.807, 2.05) is 0 Å². The van der Waals surface area contributed by atoms with Crippen LogP contribution < -0.4 is 16.2 Å². The molecule has 0 unspecified atom stereocenters. The van der Waals surface area contributed by atoms with E-state index in [9.17, 15) is 0 Å². The molecule has 1 N–H and O–H groups in total. The predicted molar refractivity (Wildman–Crippen MR) is 250 cm³/mol. The Hall–Kier alpha value is -6.52. The summed E-state index contributed by atoms with van der Waals surface area (Å²) in [7, 11) is 0.790. The summed E-state index contributed by atoms with van der Waals surface area (Å²) in [6, 6.07) is 55.8. The Kier molecular flexibility index (Phi) is 7.48. The molecule has 0 spiro atoms. The number of para-hydroxylation sites is 1. The van der Waals surface area contributed by atoms with E-state index in [2.05, 4.69) is 203 Å². The monoisotopic (exact) mass is 748 g/mol. The van der Waals surface area contributed by atoms with Crippen LogP contribution >= 0.6 is 0 Å². The fourth-order valence-electron chi connectivity index (χ4n) is 9.32. The van der Waals surface area contributed by atoms with Gasteiger partial charge in [0.1, 0.15) is 5.58 Å². The summed E-state index contributed by atoms with van der Waals surface area (Å²) in [4.78, 5) is 0. The van der Waals surface area contributed by atoms with Crippen molar-refractivity contribution in [1.82, 2.24) is 4.57 Å². The summed E-state index contributed by atoms with van der Waals surface area (Å²) in [6.07, 6.45) is 0. The van der Waals surface area contributed by atoms with E-state index in [1.165, 1.54) is 76.9 Å². The van der Waals surface area contributed by atoms with Gasteiger partial charge in [-0.15, -0.1) is 0 Å². The Morgan fingerprint density at radius 3 is 1.97 bits per heavy atom. The summed E-state index contributed by atoms with van der Waals surface area (Å²) >= 11 is 0. The molecular formula is C54H45BN2O. The zero-order valence-electron chi connectivity index (χ0n) is 34.0. The van der Waals surface area contributed by atoms with Gasteiger partial charge in [0.15, 0.2) is 12.9 Å². The second-order valence-corrected chi connectivity index (χ2v) is 18.3. The van der Waals surface area contributed by atoms with Crippen molar-refractivity contribution in [3.05, 3.63) is 163 Å². The minimum absolute atomic E-state index is 0.0158. The molecule has 0 aliphatic carbocycles. The Bertz CT molecular complexity index is 3280. The summed E-state index contributed by atoms with van der Waals surface area (Å²) in [5.41, 5.74) is 17.8. The molecule has 58 heavy (non-hydrogen) atoms. The van der Waals surface area contributed by atoms with Gasteiger partial charge in [0.25, 0.3) is 0 Å². The Balaban J connectivity index is 1.22. The van der Waals surface area contributed by atoms with Crippen molar-refractivity contribution in [2.24, 2.45) is 0 Å². The van der Waals surface area contributed by atoms with Crippen LogP contribution in [0.3, 0.4) is 0 Å². The van der Waals surface area contributed by atoms with Gasteiger partial charge < -0.3 is 14.3 Å². The third kappa shape index (κ3) is 5.42. The van der Waals surface area contributed by atoms with E-state index in [4.69, 9.17) is 4.42 Å². The van der Waals surface area contributed by atoms with Crippen LogP contribution in [-0.4, -0.2) is 11.8 Å². The third-order valence-electron chi connectivity index (χ3n) is 12.5. The molecule has 0 radical (unpaired) electrons. The van der Waals surface area contributed by atoms with Gasteiger partial charge in [-0.3, -0.25) is 0 Å². The van der Waals surface area contributed by atoms with Gasteiger partial charge in [0, 0.05) is 44.0 Å². The Labute approximate surface area is 340 Å². The fraction of sp³-hybridized carbons (Fsp3) is 0.148. The number of rotatable bonds is 4. The maximum Gasteiger partial charge on any atom is 0.198 e. The summed E-state index contributed by atoms with van der Waals surface area (Å²) < 4.78 is 9.51. The van der Waals surface area contributed by atoms with Crippen molar-refractivity contribution in [2.75, 3.05) is 5.32 Å². The van der Waals surface area contributed by atoms with Crippen LogP contribution in [-0.2, 0) is 10.8 Å². The molecule has 0 fully saturated rings. The lowest BCUT2D eigenvalue weighted by Gasteiger charge is -2.27. The smallest absolute Gasteiger partial charge is 0.198 e. The SMILES string of the molecule is CC(C)(C)c1ccc2c(c1)c1cc(C(C)(C)C)cc3c1n2-c1c(c(-c2cc4ccccc4cc2Nc2ccc(-c4ccccc4)cc2)cc2c1oc1ccccc12)B3. The molecule has 10 aromatic rings. The van der Waals surface area contributed by atoms with E-state index in [1.54, 1.807) is 0 Å². The van der Waals surface area contributed by atoms with Crippen molar-refractivity contribution >= 4 is 84.1 Å². The number of aromatic nitrogens is 1. The molecule has 1 aliphatic rings. The average Bonchev–Trinajstić information content (AvgIpc) is 3.76. The van der Waals surface area contributed by atoms with Crippen LogP contribution in [0, 0.1) is 0 Å². The summed E-state index contributed by atoms with van der Waals surface area (Å²) in [5.74, 6) is 0. The lowest BCUT2D eigenvalue weighted by atomic mass is 9.58. The van der Waals surface area contributed by atoms with Gasteiger partial charge in [-0.05, 0) is 109 Å². The molecule has 0 bridgehead atoms. The molecule has 0 atom stereocenters. The minimum Gasteiger partial charge on any atom is -0.454 e. The normalized spacial score (nSPS) is 12.8. The molecule has 280 valence electrons. The Morgan fingerprint density at radius 2 is 1.21 bits per heavy atom. The second-order valence-electron chi connectivity index (χ2n) is 18.3. The quantitative estimate of drug-likeness (QED) is 0.182. The highest BCUT2D eigenvalue weighted by molar-refractivity contribution is 6.74. The summed E-state index contributed by atoms with van der Waals surface area (Å²) in [6.45, 7) is 13.9. The maximum absolute atomic E-state index is 6.97. The van der Waals surface area contributed by atoms with Gasteiger partial charge in [0.05, 0.1) is 11.2 Å². The van der Waals surface area contributed by atoms with Gasteiger partial charge in [0.2, 0.25) is 0 Å². The number of benzene rings is 8. The van der Waals surface area contributed by atoms with Crippen LogP contribution in [0.2, 0.25) is 0 Å². The molecule has 4 heteroatoms. The van der Waals surface area contributed by atoms with Gasteiger partial charge in [-0.1, -0.05) is 144 Å². The van der Waals surface area contributed by atoms with E-state index < -0.39 is 0 Å². The molecule has 2 aromatic heterocycles. The van der Waals surface area contributed by atoms with Crippen molar-refractivity contribution in [1.29, 1.82) is 0 Å². The number of nitrogens with one attached hydrogen (secondary N) is 1. The van der Waals surface area contributed by atoms with Gasteiger partial charge in [-0.25, -0.2) is 0 Å². The predicted octanol–water partition coefficient (Wildman–Crippen LogP) is 13.2. The third-order valence-corrected chi connectivity index (χ3v) is 12.5. The number of furan rings is 1. The van der Waals surface area contributed by atoms with E-state index >= 15 is 0 Å². The molecular weight excluding hydrogens is 703 g/mol. The standard InChI is InChI=1S/C54H45BN2O/c1-53(2,3)36-22-25-47-41(28-36)43-29-37(54(4,5)6)30-45-50(43)57(47)51-49(55-45)42(31-44-39-18-12-13-19-48(39)58-52(44)51)40-26-34-16-10-11-17-35(34)27-46(40)56-38-23-20-33(21-24-38)32-14-8-7-9-15-32/h7-31,55-56H,1-6H3. The van der Waals surface area contributed by atoms with Gasteiger partial charge >= 0.3 is 0 Å². The first-order valence-corrected chi connectivity index (χ1v) is 20.5. The van der Waals surface area contributed by atoms with Crippen LogP contribution in [0.5, 0.6) is 0 Å². The lowest BCUT2D eigenvalue weighted by molar-refractivity contribution is 0.590. The highest BCUT2D eigenvalue weighted by atomic mass is 16.3. The molecule has 0 amide bonds. The Morgan fingerprint density at radius 1 is 0.534 bits per heavy atom. The van der Waals surface area contributed by atoms with Crippen molar-refractivity contribution in [2.45, 2.75) is 52.4 Å². The number of nitrogens with zero attached hydrogens (tertiary/aromatic N) is 1. The first kappa shape index (κ1) is 34.7. The first-order chi connectivity index (χ1) is 28.0. The highest BCUT2D eigenvalue weighted by Gasteiger charge is 2.32. The molecule has 1 aliphatic heterocycles. The lowest BCUT2D eigenvalue weighted by Crippen LogP contribution is -2.38. The molecule has 3 nitrogen and oxygen atoms in total. The minimum atomic E-state index is -0.0158. The number of fused-ring (bicyclic) bond motifs is 10. The zero-order chi connectivity index (χ0) is 39.5. The first-order valence-electron chi connectivity index (χ1n) is 20.5. The van der Waals surface area contributed by atoms with Gasteiger partial charge in [-0.2, -0.15) is 0 Å². The molecule has 0 saturated carbocycles. The van der Waals surface area contributed by atoms with E-state index in [0.717, 1.165) is 46.3 Å². The number of hydrogen-bond donors (Lipinski definition) is 1. The second kappa shape index (κ2) is 12.5. The van der Waals surface area contributed by atoms with Crippen LogP contribution in [0.15, 0.2) is 156 Å². The fourth-order valence-corrected chi connectivity index (χ4v) is 9.32. The van der Waals surface area contributed by atoms with E-state index in [-0.39, 0.29) is 10.8 Å². The topological polar surface area (TPSA) is 30.1 Å². The number of anilines is 2. The van der Waals surface area contributed by atoms with Crippen molar-refractivity contribution < 1.29 is 4.42 Å². The molecule has 3 heterocycles. The van der Waals surface area contributed by atoms with Crippen LogP contribution in [0.4, 0.5) is 11.4 Å². The highest BCUT2D eigenvalue weighted by Crippen LogP contribution is 2.44. The van der Waals surface area contributed by atoms with Crippen molar-refractivity contribution in [3.8, 4) is 27.9 Å². The maximum atomic E-state index is 6.97. The number of hydrogen-bond acceptors (Lipinski definition) is 2. The average molecular weight is 749 g/mol. The largest absolute Gasteiger partial charge is 0.454 e. The molecule has 8 aromatic carbocycles. The van der Waals surface area contributed by atoms with Crippen molar-refractivity contribution in [3.63, 3.8) is 0 Å². The molecule has 0 saturated heterocycles. The van der Waals surface area contributed by atoms with Crippen LogP contribution in [0.25, 0.3) is 82.5 Å². The van der Waals surface area contributed by atoms with Crippen LogP contribution in [0.1, 0.15) is 52.7 Å². The van der Waals surface area contributed by atoms with E-state index in [0.29, 0.717) is 0 Å².